The average Bonchev–Trinajstić information content (AvgIpc) is 2.22. The third-order valence-electron chi connectivity index (χ3n) is 1.77. The van der Waals surface area contributed by atoms with Gasteiger partial charge in [-0.1, -0.05) is 17.7 Å². The number of anilines is 1. The van der Waals surface area contributed by atoms with Crippen molar-refractivity contribution in [3.63, 3.8) is 0 Å². The number of carbonyl (C=O) groups is 2. The topological polar surface area (TPSA) is 55.4 Å². The summed E-state index contributed by atoms with van der Waals surface area (Å²) in [5.41, 5.74) is 1.67. The second-order valence-electron chi connectivity index (χ2n) is 3.04. The Morgan fingerprint density at radius 3 is 2.40 bits per heavy atom. The normalized spacial score (nSPS) is 9.47. The molecule has 80 valence electrons. The van der Waals surface area contributed by atoms with Crippen molar-refractivity contribution in [3.05, 3.63) is 29.8 Å². The van der Waals surface area contributed by atoms with Crippen molar-refractivity contribution in [2.75, 3.05) is 11.9 Å². The molecule has 0 aliphatic rings. The number of ether oxygens (including phenoxy) is 1. The van der Waals surface area contributed by atoms with Crippen LogP contribution in [0.15, 0.2) is 24.3 Å². The zero-order valence-electron chi connectivity index (χ0n) is 8.74. The molecule has 0 aromatic heterocycles. The van der Waals surface area contributed by atoms with E-state index in [1.54, 1.807) is 19.1 Å². The van der Waals surface area contributed by atoms with Crippen LogP contribution in [0.25, 0.3) is 0 Å². The van der Waals surface area contributed by atoms with Crippen LogP contribution in [0, 0.1) is 6.92 Å². The SMILES string of the molecule is CCOC(=O)C(=O)Nc1ccc(C)cc1. The molecule has 0 spiro atoms. The van der Waals surface area contributed by atoms with Crippen molar-refractivity contribution in [2.24, 2.45) is 0 Å². The van der Waals surface area contributed by atoms with Gasteiger partial charge in [-0.2, -0.15) is 0 Å². The zero-order chi connectivity index (χ0) is 11.3. The summed E-state index contributed by atoms with van der Waals surface area (Å²) in [7, 11) is 0. The van der Waals surface area contributed by atoms with Gasteiger partial charge in [-0.3, -0.25) is 4.79 Å². The summed E-state index contributed by atoms with van der Waals surface area (Å²) in [5.74, 6) is -1.61. The molecule has 0 aliphatic heterocycles. The van der Waals surface area contributed by atoms with Gasteiger partial charge in [0.25, 0.3) is 0 Å². The lowest BCUT2D eigenvalue weighted by Gasteiger charge is -2.04. The van der Waals surface area contributed by atoms with E-state index in [1.807, 2.05) is 19.1 Å². The molecule has 0 heterocycles. The summed E-state index contributed by atoms with van der Waals surface area (Å²) in [4.78, 5) is 22.2. The molecular weight excluding hydrogens is 194 g/mol. The Morgan fingerprint density at radius 2 is 1.87 bits per heavy atom. The Labute approximate surface area is 88.2 Å². The Bertz CT molecular complexity index is 357. The predicted molar refractivity (Wildman–Crippen MR) is 56.4 cm³/mol. The van der Waals surface area contributed by atoms with Gasteiger partial charge in [0.05, 0.1) is 6.61 Å². The smallest absolute Gasteiger partial charge is 0.397 e. The highest BCUT2D eigenvalue weighted by Crippen LogP contribution is 2.08. The summed E-state index contributed by atoms with van der Waals surface area (Å²) in [5, 5.41) is 2.44. The Morgan fingerprint density at radius 1 is 1.27 bits per heavy atom. The first-order valence-electron chi connectivity index (χ1n) is 4.68. The van der Waals surface area contributed by atoms with Crippen molar-refractivity contribution < 1.29 is 14.3 Å². The molecule has 0 atom stereocenters. The molecule has 1 aromatic carbocycles. The second-order valence-corrected chi connectivity index (χ2v) is 3.04. The summed E-state index contributed by atoms with van der Waals surface area (Å²) in [6.45, 7) is 3.79. The van der Waals surface area contributed by atoms with E-state index in [9.17, 15) is 9.59 Å². The highest BCUT2D eigenvalue weighted by atomic mass is 16.5. The summed E-state index contributed by atoms with van der Waals surface area (Å²) in [6.07, 6.45) is 0. The van der Waals surface area contributed by atoms with Crippen LogP contribution in [-0.2, 0) is 14.3 Å². The molecule has 4 heteroatoms. The van der Waals surface area contributed by atoms with E-state index in [0.29, 0.717) is 5.69 Å². The molecule has 0 fully saturated rings. The number of aryl methyl sites for hydroxylation is 1. The van der Waals surface area contributed by atoms with Gasteiger partial charge in [0, 0.05) is 5.69 Å². The monoisotopic (exact) mass is 207 g/mol. The first kappa shape index (κ1) is 11.2. The minimum Gasteiger partial charge on any atom is -0.459 e. The molecule has 0 radical (unpaired) electrons. The zero-order valence-corrected chi connectivity index (χ0v) is 8.74. The fourth-order valence-electron chi connectivity index (χ4n) is 1.02. The average molecular weight is 207 g/mol. The van der Waals surface area contributed by atoms with Crippen molar-refractivity contribution in [3.8, 4) is 0 Å². The fraction of sp³-hybridized carbons (Fsp3) is 0.273. The van der Waals surface area contributed by atoms with E-state index in [2.05, 4.69) is 10.1 Å². The third kappa shape index (κ3) is 3.42. The largest absolute Gasteiger partial charge is 0.459 e. The summed E-state index contributed by atoms with van der Waals surface area (Å²) in [6, 6.07) is 7.15. The Kier molecular flexibility index (Phi) is 3.85. The molecule has 0 saturated heterocycles. The van der Waals surface area contributed by atoms with Gasteiger partial charge in [-0.25, -0.2) is 4.79 Å². The molecule has 0 unspecified atom stereocenters. The molecule has 15 heavy (non-hydrogen) atoms. The van der Waals surface area contributed by atoms with Gasteiger partial charge in [0.2, 0.25) is 0 Å². The highest BCUT2D eigenvalue weighted by Gasteiger charge is 2.14. The third-order valence-corrected chi connectivity index (χ3v) is 1.77. The van der Waals surface area contributed by atoms with Crippen LogP contribution in [-0.4, -0.2) is 18.5 Å². The van der Waals surface area contributed by atoms with E-state index >= 15 is 0 Å². The molecule has 1 amide bonds. The van der Waals surface area contributed by atoms with Crippen LogP contribution >= 0.6 is 0 Å². The number of amides is 1. The highest BCUT2D eigenvalue weighted by molar-refractivity contribution is 6.37. The van der Waals surface area contributed by atoms with Gasteiger partial charge < -0.3 is 10.1 Å². The maximum Gasteiger partial charge on any atom is 0.397 e. The van der Waals surface area contributed by atoms with Gasteiger partial charge in [0.15, 0.2) is 0 Å². The van der Waals surface area contributed by atoms with Crippen LogP contribution < -0.4 is 5.32 Å². The van der Waals surface area contributed by atoms with Gasteiger partial charge in [0.1, 0.15) is 0 Å². The standard InChI is InChI=1S/C11H13NO3/c1-3-15-11(14)10(13)12-9-6-4-8(2)5-7-9/h4-7H,3H2,1-2H3,(H,12,13). The van der Waals surface area contributed by atoms with Crippen LogP contribution in [0.4, 0.5) is 5.69 Å². The second kappa shape index (κ2) is 5.14. The van der Waals surface area contributed by atoms with E-state index in [4.69, 9.17) is 0 Å². The Hall–Kier alpha value is -1.84. The number of hydrogen-bond donors (Lipinski definition) is 1. The number of rotatable bonds is 2. The van der Waals surface area contributed by atoms with E-state index < -0.39 is 11.9 Å². The van der Waals surface area contributed by atoms with Crippen LogP contribution in [0.2, 0.25) is 0 Å². The van der Waals surface area contributed by atoms with Crippen LogP contribution in [0.1, 0.15) is 12.5 Å². The number of nitrogens with one attached hydrogen (secondary N) is 1. The quantitative estimate of drug-likeness (QED) is 0.590. The van der Waals surface area contributed by atoms with Crippen LogP contribution in [0.3, 0.4) is 0 Å². The number of benzene rings is 1. The van der Waals surface area contributed by atoms with Crippen LogP contribution in [0.5, 0.6) is 0 Å². The molecule has 0 aliphatic carbocycles. The number of esters is 1. The van der Waals surface area contributed by atoms with Gasteiger partial charge in [-0.15, -0.1) is 0 Å². The first-order valence-corrected chi connectivity index (χ1v) is 4.68. The lowest BCUT2D eigenvalue weighted by atomic mass is 10.2. The van der Waals surface area contributed by atoms with Gasteiger partial charge in [-0.05, 0) is 26.0 Å². The molecule has 0 bridgehead atoms. The van der Waals surface area contributed by atoms with Crippen molar-refractivity contribution >= 4 is 17.6 Å². The van der Waals surface area contributed by atoms with Gasteiger partial charge >= 0.3 is 11.9 Å². The van der Waals surface area contributed by atoms with Crippen molar-refractivity contribution in [2.45, 2.75) is 13.8 Å². The fourth-order valence-corrected chi connectivity index (χ4v) is 1.02. The summed E-state index contributed by atoms with van der Waals surface area (Å²) < 4.78 is 4.55. The van der Waals surface area contributed by atoms with E-state index in [-0.39, 0.29) is 6.61 Å². The molecule has 1 N–H and O–H groups in total. The van der Waals surface area contributed by atoms with E-state index in [0.717, 1.165) is 5.56 Å². The molecule has 1 rings (SSSR count). The number of hydrogen-bond acceptors (Lipinski definition) is 3. The Balaban J connectivity index is 2.58. The first-order chi connectivity index (χ1) is 7.13. The van der Waals surface area contributed by atoms with Crippen molar-refractivity contribution in [1.29, 1.82) is 0 Å². The summed E-state index contributed by atoms with van der Waals surface area (Å²) >= 11 is 0. The maximum atomic E-state index is 11.2. The molecule has 4 nitrogen and oxygen atoms in total. The maximum absolute atomic E-state index is 11.2. The molecule has 1 aromatic rings. The predicted octanol–water partition coefficient (Wildman–Crippen LogP) is 1.50. The number of carbonyl (C=O) groups excluding carboxylic acids is 2. The lowest BCUT2D eigenvalue weighted by molar-refractivity contribution is -0.152. The van der Waals surface area contributed by atoms with E-state index in [1.165, 1.54) is 0 Å². The molecular formula is C11H13NO3. The van der Waals surface area contributed by atoms with Crippen molar-refractivity contribution in [1.82, 2.24) is 0 Å². The minimum atomic E-state index is -0.863. The molecule has 0 saturated carbocycles. The lowest BCUT2D eigenvalue weighted by Crippen LogP contribution is -2.24. The minimum absolute atomic E-state index is 0.195.